The van der Waals surface area contributed by atoms with Gasteiger partial charge < -0.3 is 10.1 Å². The molecule has 0 spiro atoms. The standard InChI is InChI=1S/C19H14Cl2N2O3/c1-11(26-19(25)14-9-16(20)17(21)22-10-14)18(24)23-15-7-6-12-4-2-3-5-13(12)8-15/h2-11H,1H3,(H,23,24)/t11-/m0/s1. The lowest BCUT2D eigenvalue weighted by Crippen LogP contribution is -2.30. The van der Waals surface area contributed by atoms with E-state index in [1.54, 1.807) is 6.07 Å². The van der Waals surface area contributed by atoms with Crippen molar-refractivity contribution in [2.45, 2.75) is 13.0 Å². The lowest BCUT2D eigenvalue weighted by molar-refractivity contribution is -0.123. The van der Waals surface area contributed by atoms with Gasteiger partial charge in [0.15, 0.2) is 6.10 Å². The number of nitrogens with one attached hydrogen (secondary N) is 1. The summed E-state index contributed by atoms with van der Waals surface area (Å²) in [5.74, 6) is -1.15. The van der Waals surface area contributed by atoms with Crippen molar-refractivity contribution in [1.29, 1.82) is 0 Å². The maximum Gasteiger partial charge on any atom is 0.340 e. The van der Waals surface area contributed by atoms with E-state index in [4.69, 9.17) is 27.9 Å². The van der Waals surface area contributed by atoms with E-state index >= 15 is 0 Å². The third-order valence-corrected chi connectivity index (χ3v) is 4.39. The smallest absolute Gasteiger partial charge is 0.340 e. The molecule has 3 rings (SSSR count). The number of nitrogens with zero attached hydrogens (tertiary/aromatic N) is 1. The fourth-order valence-electron chi connectivity index (χ4n) is 2.33. The number of fused-ring (bicyclic) bond motifs is 1. The van der Waals surface area contributed by atoms with Crippen LogP contribution >= 0.6 is 23.2 Å². The van der Waals surface area contributed by atoms with Gasteiger partial charge in [0.25, 0.3) is 5.91 Å². The molecule has 0 aliphatic heterocycles. The summed E-state index contributed by atoms with van der Waals surface area (Å²) in [4.78, 5) is 28.2. The van der Waals surface area contributed by atoms with E-state index in [0.29, 0.717) is 5.69 Å². The van der Waals surface area contributed by atoms with Crippen LogP contribution in [0.1, 0.15) is 17.3 Å². The van der Waals surface area contributed by atoms with Gasteiger partial charge in [-0.15, -0.1) is 0 Å². The molecule has 1 amide bonds. The van der Waals surface area contributed by atoms with Crippen LogP contribution in [0, 0.1) is 0 Å². The zero-order valence-corrected chi connectivity index (χ0v) is 15.2. The summed E-state index contributed by atoms with van der Waals surface area (Å²) in [6, 6.07) is 14.7. The van der Waals surface area contributed by atoms with Gasteiger partial charge in [0, 0.05) is 11.9 Å². The molecule has 2 aromatic carbocycles. The molecule has 1 atom stereocenters. The van der Waals surface area contributed by atoms with Crippen molar-refractivity contribution in [3.05, 3.63) is 70.5 Å². The van der Waals surface area contributed by atoms with Gasteiger partial charge in [-0.3, -0.25) is 4.79 Å². The summed E-state index contributed by atoms with van der Waals surface area (Å²) in [7, 11) is 0. The molecule has 3 aromatic rings. The predicted molar refractivity (Wildman–Crippen MR) is 102 cm³/mol. The van der Waals surface area contributed by atoms with E-state index in [2.05, 4.69) is 10.3 Å². The maximum atomic E-state index is 12.3. The van der Waals surface area contributed by atoms with E-state index in [0.717, 1.165) is 10.8 Å². The molecular weight excluding hydrogens is 375 g/mol. The van der Waals surface area contributed by atoms with Crippen LogP contribution in [-0.2, 0) is 9.53 Å². The van der Waals surface area contributed by atoms with Gasteiger partial charge in [-0.1, -0.05) is 53.5 Å². The van der Waals surface area contributed by atoms with Crippen LogP contribution in [0.3, 0.4) is 0 Å². The Hall–Kier alpha value is -2.63. The number of rotatable bonds is 4. The highest BCUT2D eigenvalue weighted by Gasteiger charge is 2.20. The normalized spacial score (nSPS) is 11.8. The molecule has 5 nitrogen and oxygen atoms in total. The molecule has 0 bridgehead atoms. The number of aromatic nitrogens is 1. The molecule has 1 N–H and O–H groups in total. The Morgan fingerprint density at radius 1 is 1.08 bits per heavy atom. The zero-order valence-electron chi connectivity index (χ0n) is 13.7. The minimum Gasteiger partial charge on any atom is -0.449 e. The van der Waals surface area contributed by atoms with Crippen molar-refractivity contribution in [1.82, 2.24) is 4.98 Å². The number of amides is 1. The van der Waals surface area contributed by atoms with Crippen molar-refractivity contribution in [3.8, 4) is 0 Å². The molecule has 132 valence electrons. The highest BCUT2D eigenvalue weighted by molar-refractivity contribution is 6.41. The molecule has 0 unspecified atom stereocenters. The third-order valence-electron chi connectivity index (χ3n) is 3.70. The Bertz CT molecular complexity index is 991. The Kier molecular flexibility index (Phi) is 5.40. The van der Waals surface area contributed by atoms with Gasteiger partial charge in [-0.2, -0.15) is 0 Å². The topological polar surface area (TPSA) is 68.3 Å². The van der Waals surface area contributed by atoms with Crippen LogP contribution in [0.15, 0.2) is 54.7 Å². The minimum atomic E-state index is -0.997. The molecule has 0 aliphatic carbocycles. The molecule has 0 saturated heterocycles. The first-order chi connectivity index (χ1) is 12.4. The number of halogens is 2. The second-order valence-corrected chi connectivity index (χ2v) is 6.36. The molecule has 26 heavy (non-hydrogen) atoms. The van der Waals surface area contributed by atoms with Crippen LogP contribution < -0.4 is 5.32 Å². The number of pyridine rings is 1. The summed E-state index contributed by atoms with van der Waals surface area (Å²) < 4.78 is 5.16. The Labute approximate surface area is 159 Å². The number of esters is 1. The van der Waals surface area contributed by atoms with Gasteiger partial charge in [-0.05, 0) is 35.9 Å². The summed E-state index contributed by atoms with van der Waals surface area (Å²) in [6.45, 7) is 1.49. The van der Waals surface area contributed by atoms with Crippen LogP contribution in [-0.4, -0.2) is 23.0 Å². The van der Waals surface area contributed by atoms with Gasteiger partial charge in [0.1, 0.15) is 5.15 Å². The van der Waals surface area contributed by atoms with E-state index in [1.807, 2.05) is 36.4 Å². The van der Waals surface area contributed by atoms with Crippen molar-refractivity contribution >= 4 is 51.5 Å². The van der Waals surface area contributed by atoms with Crippen LogP contribution in [0.25, 0.3) is 10.8 Å². The highest BCUT2D eigenvalue weighted by Crippen LogP contribution is 2.21. The molecule has 1 aromatic heterocycles. The Balaban J connectivity index is 1.66. The largest absolute Gasteiger partial charge is 0.449 e. The molecule has 0 aliphatic rings. The van der Waals surface area contributed by atoms with E-state index in [9.17, 15) is 9.59 Å². The van der Waals surface area contributed by atoms with E-state index in [-0.39, 0.29) is 15.7 Å². The van der Waals surface area contributed by atoms with Crippen molar-refractivity contribution in [2.24, 2.45) is 0 Å². The molecule has 0 fully saturated rings. The number of hydrogen-bond acceptors (Lipinski definition) is 4. The van der Waals surface area contributed by atoms with Gasteiger partial charge in [0.2, 0.25) is 0 Å². The summed E-state index contributed by atoms with van der Waals surface area (Å²) in [5, 5.41) is 5.02. The molecule has 0 radical (unpaired) electrons. The predicted octanol–water partition coefficient (Wildman–Crippen LogP) is 4.73. The lowest BCUT2D eigenvalue weighted by Gasteiger charge is -2.14. The summed E-state index contributed by atoms with van der Waals surface area (Å²) >= 11 is 11.5. The average molecular weight is 389 g/mol. The maximum absolute atomic E-state index is 12.3. The van der Waals surface area contributed by atoms with Crippen molar-refractivity contribution in [2.75, 3.05) is 5.32 Å². The number of hydrogen-bond donors (Lipinski definition) is 1. The highest BCUT2D eigenvalue weighted by atomic mass is 35.5. The number of carbonyl (C=O) groups excluding carboxylic acids is 2. The first kappa shape index (κ1) is 18.2. The van der Waals surface area contributed by atoms with Gasteiger partial charge >= 0.3 is 5.97 Å². The first-order valence-corrected chi connectivity index (χ1v) is 8.51. The monoisotopic (exact) mass is 388 g/mol. The van der Waals surface area contributed by atoms with E-state index < -0.39 is 18.0 Å². The molecule has 1 heterocycles. The van der Waals surface area contributed by atoms with Gasteiger partial charge in [0.05, 0.1) is 10.6 Å². The average Bonchev–Trinajstić information content (AvgIpc) is 2.63. The minimum absolute atomic E-state index is 0.0883. The Morgan fingerprint density at radius 2 is 1.81 bits per heavy atom. The quantitative estimate of drug-likeness (QED) is 0.518. The number of ether oxygens (including phenoxy) is 1. The summed E-state index contributed by atoms with van der Waals surface area (Å²) in [6.07, 6.45) is 0.244. The second kappa shape index (κ2) is 7.72. The summed E-state index contributed by atoms with van der Waals surface area (Å²) in [5.41, 5.74) is 0.734. The van der Waals surface area contributed by atoms with Crippen molar-refractivity contribution in [3.63, 3.8) is 0 Å². The second-order valence-electron chi connectivity index (χ2n) is 5.60. The van der Waals surface area contributed by atoms with Gasteiger partial charge in [-0.25, -0.2) is 9.78 Å². The van der Waals surface area contributed by atoms with Crippen LogP contribution in [0.4, 0.5) is 5.69 Å². The fraction of sp³-hybridized carbons (Fsp3) is 0.105. The number of anilines is 1. The number of benzene rings is 2. The number of carbonyl (C=O) groups is 2. The fourth-order valence-corrected chi connectivity index (χ4v) is 2.60. The van der Waals surface area contributed by atoms with E-state index in [1.165, 1.54) is 19.2 Å². The molecule has 7 heteroatoms. The zero-order chi connectivity index (χ0) is 18.7. The third kappa shape index (κ3) is 4.12. The SMILES string of the molecule is C[C@H](OC(=O)c1cnc(Cl)c(Cl)c1)C(=O)Nc1ccc2ccccc2c1. The molecular formula is C19H14Cl2N2O3. The van der Waals surface area contributed by atoms with Crippen LogP contribution in [0.5, 0.6) is 0 Å². The lowest BCUT2D eigenvalue weighted by atomic mass is 10.1. The van der Waals surface area contributed by atoms with Crippen LogP contribution in [0.2, 0.25) is 10.2 Å². The van der Waals surface area contributed by atoms with Crippen molar-refractivity contribution < 1.29 is 14.3 Å². The first-order valence-electron chi connectivity index (χ1n) is 7.76. The molecule has 0 saturated carbocycles. The Morgan fingerprint density at radius 3 is 2.54 bits per heavy atom.